The molecular weight excluding hydrogens is 442 g/mol. The topological polar surface area (TPSA) is 56.8 Å². The molecular formula is C17H17Br2NO4. The Morgan fingerprint density at radius 1 is 1.00 bits per heavy atom. The first-order valence-corrected chi connectivity index (χ1v) is 8.63. The summed E-state index contributed by atoms with van der Waals surface area (Å²) in [4.78, 5) is 12.2. The summed E-state index contributed by atoms with van der Waals surface area (Å²) in [6.07, 6.45) is 0. The number of rotatable bonds is 6. The van der Waals surface area contributed by atoms with E-state index < -0.39 is 0 Å². The zero-order chi connectivity index (χ0) is 17.7. The van der Waals surface area contributed by atoms with E-state index in [2.05, 4.69) is 37.2 Å². The van der Waals surface area contributed by atoms with E-state index in [9.17, 15) is 4.79 Å². The largest absolute Gasteiger partial charge is 0.495 e. The molecule has 0 aliphatic heterocycles. The number of anilines is 1. The average molecular weight is 459 g/mol. The quantitative estimate of drug-likeness (QED) is 0.689. The molecule has 0 unspecified atom stereocenters. The molecule has 7 heteroatoms. The number of amides is 1. The number of aryl methyl sites for hydroxylation is 1. The Balaban J connectivity index is 2.06. The molecule has 0 aliphatic rings. The minimum Gasteiger partial charge on any atom is -0.495 e. The molecule has 0 fully saturated rings. The van der Waals surface area contributed by atoms with Gasteiger partial charge in [0.05, 0.1) is 28.9 Å². The lowest BCUT2D eigenvalue weighted by Crippen LogP contribution is -2.20. The van der Waals surface area contributed by atoms with E-state index in [-0.39, 0.29) is 12.5 Å². The molecule has 1 amide bonds. The summed E-state index contributed by atoms with van der Waals surface area (Å²) in [6.45, 7) is 1.86. The molecule has 24 heavy (non-hydrogen) atoms. The van der Waals surface area contributed by atoms with Gasteiger partial charge in [-0.15, -0.1) is 0 Å². The minimum atomic E-state index is -0.301. The first kappa shape index (κ1) is 18.6. The standard InChI is InChI=1S/C17H17Br2NO4/c1-10-4-5-14(11(18)6-10)24-9-17(21)20-13-8-15(22-2)12(19)7-16(13)23-3/h4-8H,9H2,1-3H3,(H,20,21). The van der Waals surface area contributed by atoms with Crippen molar-refractivity contribution in [2.24, 2.45) is 0 Å². The number of methoxy groups -OCH3 is 2. The van der Waals surface area contributed by atoms with Crippen LogP contribution in [0.25, 0.3) is 0 Å². The number of carbonyl (C=O) groups excluding carboxylic acids is 1. The van der Waals surface area contributed by atoms with E-state index in [1.807, 2.05) is 25.1 Å². The molecule has 1 N–H and O–H groups in total. The van der Waals surface area contributed by atoms with Crippen LogP contribution in [0.3, 0.4) is 0 Å². The van der Waals surface area contributed by atoms with Gasteiger partial charge < -0.3 is 19.5 Å². The summed E-state index contributed by atoms with van der Waals surface area (Å²) < 4.78 is 17.6. The maximum Gasteiger partial charge on any atom is 0.262 e. The SMILES string of the molecule is COc1cc(NC(=O)COc2ccc(C)cc2Br)c(OC)cc1Br. The van der Waals surface area contributed by atoms with Crippen LogP contribution in [0.5, 0.6) is 17.2 Å². The van der Waals surface area contributed by atoms with E-state index in [0.717, 1.165) is 14.5 Å². The predicted octanol–water partition coefficient (Wildman–Crippen LogP) is 4.55. The molecule has 2 aromatic carbocycles. The van der Waals surface area contributed by atoms with Crippen LogP contribution in [0.2, 0.25) is 0 Å². The first-order valence-electron chi connectivity index (χ1n) is 7.05. The third-order valence-corrected chi connectivity index (χ3v) is 4.43. The Morgan fingerprint density at radius 2 is 1.67 bits per heavy atom. The summed E-state index contributed by atoms with van der Waals surface area (Å²) in [5.74, 6) is 1.42. The Kier molecular flexibility index (Phi) is 6.51. The van der Waals surface area contributed by atoms with E-state index in [0.29, 0.717) is 22.9 Å². The van der Waals surface area contributed by atoms with Crippen molar-refractivity contribution in [3.63, 3.8) is 0 Å². The summed E-state index contributed by atoms with van der Waals surface area (Å²) in [6, 6.07) is 9.07. The maximum atomic E-state index is 12.2. The van der Waals surface area contributed by atoms with Gasteiger partial charge in [-0.3, -0.25) is 4.79 Å². The molecule has 2 aromatic rings. The summed E-state index contributed by atoms with van der Waals surface area (Å²) in [5, 5.41) is 2.76. The fourth-order valence-corrected chi connectivity index (χ4v) is 3.10. The number of benzene rings is 2. The van der Waals surface area contributed by atoms with E-state index in [1.54, 1.807) is 19.2 Å². The smallest absolute Gasteiger partial charge is 0.262 e. The normalized spacial score (nSPS) is 10.2. The molecule has 0 saturated carbocycles. The number of ether oxygens (including phenoxy) is 3. The van der Waals surface area contributed by atoms with Gasteiger partial charge in [0, 0.05) is 12.1 Å². The lowest BCUT2D eigenvalue weighted by Gasteiger charge is -2.14. The summed E-state index contributed by atoms with van der Waals surface area (Å²) in [7, 11) is 3.08. The Labute approximate surface area is 157 Å². The lowest BCUT2D eigenvalue weighted by molar-refractivity contribution is -0.118. The van der Waals surface area contributed by atoms with E-state index in [1.165, 1.54) is 7.11 Å². The molecule has 0 spiro atoms. The van der Waals surface area contributed by atoms with E-state index in [4.69, 9.17) is 14.2 Å². The van der Waals surface area contributed by atoms with Crippen molar-refractivity contribution in [1.82, 2.24) is 0 Å². The van der Waals surface area contributed by atoms with Gasteiger partial charge in [-0.05, 0) is 56.5 Å². The second kappa shape index (κ2) is 8.39. The Hall–Kier alpha value is -1.73. The number of carbonyl (C=O) groups is 1. The molecule has 5 nitrogen and oxygen atoms in total. The second-order valence-corrected chi connectivity index (χ2v) is 6.67. The average Bonchev–Trinajstić information content (AvgIpc) is 2.55. The maximum absolute atomic E-state index is 12.2. The van der Waals surface area contributed by atoms with Gasteiger partial charge in [0.25, 0.3) is 5.91 Å². The predicted molar refractivity (Wildman–Crippen MR) is 100 cm³/mol. The number of halogens is 2. The van der Waals surface area contributed by atoms with Gasteiger partial charge in [-0.1, -0.05) is 6.07 Å². The fraction of sp³-hybridized carbons (Fsp3) is 0.235. The van der Waals surface area contributed by atoms with Crippen molar-refractivity contribution in [2.75, 3.05) is 26.1 Å². The van der Waals surface area contributed by atoms with Crippen molar-refractivity contribution < 1.29 is 19.0 Å². The first-order chi connectivity index (χ1) is 11.4. The molecule has 0 aliphatic carbocycles. The third kappa shape index (κ3) is 4.64. The van der Waals surface area contributed by atoms with Crippen LogP contribution in [0.15, 0.2) is 39.3 Å². The molecule has 0 saturated heterocycles. The van der Waals surface area contributed by atoms with Gasteiger partial charge in [0.1, 0.15) is 17.2 Å². The van der Waals surface area contributed by atoms with Crippen molar-refractivity contribution in [3.05, 3.63) is 44.8 Å². The zero-order valence-electron chi connectivity index (χ0n) is 13.5. The molecule has 0 aromatic heterocycles. The van der Waals surface area contributed by atoms with Crippen LogP contribution in [-0.2, 0) is 4.79 Å². The highest BCUT2D eigenvalue weighted by Crippen LogP contribution is 2.36. The highest BCUT2D eigenvalue weighted by Gasteiger charge is 2.13. The molecule has 0 heterocycles. The lowest BCUT2D eigenvalue weighted by atomic mass is 10.2. The van der Waals surface area contributed by atoms with Crippen molar-refractivity contribution in [2.45, 2.75) is 6.92 Å². The van der Waals surface area contributed by atoms with Crippen LogP contribution in [-0.4, -0.2) is 26.7 Å². The Bertz CT molecular complexity index is 750. The molecule has 0 radical (unpaired) electrons. The third-order valence-electron chi connectivity index (χ3n) is 3.19. The van der Waals surface area contributed by atoms with Crippen LogP contribution in [0.4, 0.5) is 5.69 Å². The fourth-order valence-electron chi connectivity index (χ4n) is 2.01. The van der Waals surface area contributed by atoms with Crippen molar-refractivity contribution in [3.8, 4) is 17.2 Å². The van der Waals surface area contributed by atoms with Crippen LogP contribution >= 0.6 is 31.9 Å². The highest BCUT2D eigenvalue weighted by atomic mass is 79.9. The van der Waals surface area contributed by atoms with Gasteiger partial charge in [0.2, 0.25) is 0 Å². The monoisotopic (exact) mass is 457 g/mol. The van der Waals surface area contributed by atoms with Crippen LogP contribution < -0.4 is 19.5 Å². The number of hydrogen-bond acceptors (Lipinski definition) is 4. The van der Waals surface area contributed by atoms with Gasteiger partial charge >= 0.3 is 0 Å². The summed E-state index contributed by atoms with van der Waals surface area (Å²) in [5.41, 5.74) is 1.61. The second-order valence-electron chi connectivity index (χ2n) is 4.96. The van der Waals surface area contributed by atoms with Gasteiger partial charge in [-0.25, -0.2) is 0 Å². The van der Waals surface area contributed by atoms with Crippen molar-refractivity contribution in [1.29, 1.82) is 0 Å². The Morgan fingerprint density at radius 3 is 2.29 bits per heavy atom. The number of nitrogens with one attached hydrogen (secondary N) is 1. The summed E-state index contributed by atoms with van der Waals surface area (Å²) >= 11 is 6.79. The van der Waals surface area contributed by atoms with Gasteiger partial charge in [0.15, 0.2) is 6.61 Å². The minimum absolute atomic E-state index is 0.122. The molecule has 128 valence electrons. The molecule has 0 bridgehead atoms. The van der Waals surface area contributed by atoms with Crippen LogP contribution in [0, 0.1) is 6.92 Å². The van der Waals surface area contributed by atoms with Crippen LogP contribution in [0.1, 0.15) is 5.56 Å². The molecule has 2 rings (SSSR count). The highest BCUT2D eigenvalue weighted by molar-refractivity contribution is 9.10. The van der Waals surface area contributed by atoms with Gasteiger partial charge in [-0.2, -0.15) is 0 Å². The molecule has 0 atom stereocenters. The van der Waals surface area contributed by atoms with Crippen molar-refractivity contribution >= 4 is 43.5 Å². The number of hydrogen-bond donors (Lipinski definition) is 1. The zero-order valence-corrected chi connectivity index (χ0v) is 16.7. The van der Waals surface area contributed by atoms with E-state index >= 15 is 0 Å².